The molecule has 1 aromatic carbocycles. The van der Waals surface area contributed by atoms with Crippen molar-refractivity contribution >= 4 is 11.9 Å². The first-order chi connectivity index (χ1) is 7.16. The van der Waals surface area contributed by atoms with Gasteiger partial charge in [0.2, 0.25) is 0 Å². The molecule has 1 heterocycles. The van der Waals surface area contributed by atoms with E-state index in [0.717, 1.165) is 0 Å². The van der Waals surface area contributed by atoms with Crippen molar-refractivity contribution in [1.29, 1.82) is 0 Å². The zero-order chi connectivity index (χ0) is 10.8. The molecule has 4 heteroatoms. The van der Waals surface area contributed by atoms with Crippen LogP contribution in [0.2, 0.25) is 0 Å². The van der Waals surface area contributed by atoms with E-state index in [4.69, 9.17) is 0 Å². The number of hydrogen-bond acceptors (Lipinski definition) is 3. The largest absolute Gasteiger partial charge is 0.393 e. The lowest BCUT2D eigenvalue weighted by molar-refractivity contribution is -0.153. The highest BCUT2D eigenvalue weighted by molar-refractivity contribution is 5.94. The van der Waals surface area contributed by atoms with Gasteiger partial charge in [0.25, 0.3) is 0 Å². The number of halogens is 1. The predicted molar refractivity (Wildman–Crippen MR) is 49.3 cm³/mol. The maximum absolute atomic E-state index is 13.2. The maximum atomic E-state index is 13.2. The van der Waals surface area contributed by atoms with E-state index in [1.165, 1.54) is 6.07 Å². The molecule has 1 saturated heterocycles. The molecule has 78 valence electrons. The molecule has 0 amide bonds. The molecule has 1 aliphatic rings. The van der Waals surface area contributed by atoms with Crippen molar-refractivity contribution in [3.8, 4) is 0 Å². The smallest absolute Gasteiger partial charge is 0.317 e. The molecule has 2 rings (SSSR count). The van der Waals surface area contributed by atoms with Crippen LogP contribution in [0, 0.1) is 11.7 Å². The lowest BCUT2D eigenvalue weighted by Gasteiger charge is -2.05. The predicted octanol–water partition coefficient (Wildman–Crippen LogP) is 1.46. The summed E-state index contributed by atoms with van der Waals surface area (Å²) >= 11 is 0. The summed E-state index contributed by atoms with van der Waals surface area (Å²) in [7, 11) is 0. The van der Waals surface area contributed by atoms with Gasteiger partial charge in [-0.25, -0.2) is 4.39 Å². The first-order valence-electron chi connectivity index (χ1n) is 4.65. The van der Waals surface area contributed by atoms with Crippen molar-refractivity contribution in [2.75, 3.05) is 0 Å². The van der Waals surface area contributed by atoms with Crippen molar-refractivity contribution in [2.24, 2.45) is 5.92 Å². The van der Waals surface area contributed by atoms with E-state index in [-0.39, 0.29) is 18.7 Å². The van der Waals surface area contributed by atoms with E-state index >= 15 is 0 Å². The van der Waals surface area contributed by atoms with Gasteiger partial charge in [0, 0.05) is 0 Å². The molecule has 0 bridgehead atoms. The van der Waals surface area contributed by atoms with Crippen molar-refractivity contribution in [1.82, 2.24) is 0 Å². The van der Waals surface area contributed by atoms with Gasteiger partial charge in [-0.2, -0.15) is 0 Å². The van der Waals surface area contributed by atoms with Crippen molar-refractivity contribution in [2.45, 2.75) is 12.8 Å². The van der Waals surface area contributed by atoms with Gasteiger partial charge in [-0.05, 0) is 18.1 Å². The second-order valence-corrected chi connectivity index (χ2v) is 3.49. The van der Waals surface area contributed by atoms with Crippen LogP contribution in [0.15, 0.2) is 24.3 Å². The lowest BCUT2D eigenvalue weighted by Crippen LogP contribution is -2.11. The number of rotatable bonds is 2. The number of carbonyl (C=O) groups is 2. The second kappa shape index (κ2) is 3.81. The summed E-state index contributed by atoms with van der Waals surface area (Å²) in [6.45, 7) is 0. The molecule has 0 radical (unpaired) electrons. The third-order valence-corrected chi connectivity index (χ3v) is 2.38. The van der Waals surface area contributed by atoms with Gasteiger partial charge in [-0.1, -0.05) is 18.2 Å². The quantitative estimate of drug-likeness (QED) is 0.545. The van der Waals surface area contributed by atoms with E-state index in [0.29, 0.717) is 5.56 Å². The second-order valence-electron chi connectivity index (χ2n) is 3.49. The summed E-state index contributed by atoms with van der Waals surface area (Å²) in [4.78, 5) is 21.9. The Morgan fingerprint density at radius 1 is 1.33 bits per heavy atom. The first-order valence-corrected chi connectivity index (χ1v) is 4.65. The minimum atomic E-state index is -0.553. The Morgan fingerprint density at radius 2 is 2.07 bits per heavy atom. The highest BCUT2D eigenvalue weighted by Gasteiger charge is 2.33. The standard InChI is InChI=1S/C11H9FO3/c12-9-4-2-1-3-7(9)5-8-6-10(13)15-11(8)14/h1-4,8H,5-6H2. The monoisotopic (exact) mass is 208 g/mol. The van der Waals surface area contributed by atoms with Crippen molar-refractivity contribution in [3.05, 3.63) is 35.6 Å². The van der Waals surface area contributed by atoms with Gasteiger partial charge in [0.1, 0.15) is 5.82 Å². The molecule has 1 aliphatic heterocycles. The molecule has 0 aromatic heterocycles. The zero-order valence-electron chi connectivity index (χ0n) is 7.90. The van der Waals surface area contributed by atoms with Crippen LogP contribution in [0.4, 0.5) is 4.39 Å². The highest BCUT2D eigenvalue weighted by Crippen LogP contribution is 2.21. The molecule has 0 saturated carbocycles. The summed E-state index contributed by atoms with van der Waals surface area (Å²) in [5, 5.41) is 0. The first kappa shape index (κ1) is 9.83. The van der Waals surface area contributed by atoms with Crippen molar-refractivity contribution in [3.63, 3.8) is 0 Å². The van der Waals surface area contributed by atoms with Crippen LogP contribution < -0.4 is 0 Å². The minimum Gasteiger partial charge on any atom is -0.393 e. The summed E-state index contributed by atoms with van der Waals surface area (Å²) in [6.07, 6.45) is 0.268. The molecule has 3 nitrogen and oxygen atoms in total. The molecular weight excluding hydrogens is 199 g/mol. The topological polar surface area (TPSA) is 43.4 Å². The average molecular weight is 208 g/mol. The molecular formula is C11H9FO3. The number of esters is 2. The highest BCUT2D eigenvalue weighted by atomic mass is 19.1. The summed E-state index contributed by atoms with van der Waals surface area (Å²) in [5.74, 6) is -1.97. The van der Waals surface area contributed by atoms with Crippen LogP contribution in [0.25, 0.3) is 0 Å². The Hall–Kier alpha value is -1.71. The van der Waals surface area contributed by atoms with E-state index in [9.17, 15) is 14.0 Å². The Bertz CT molecular complexity index is 414. The van der Waals surface area contributed by atoms with E-state index in [2.05, 4.69) is 4.74 Å². The van der Waals surface area contributed by atoms with Crippen LogP contribution in [-0.2, 0) is 20.7 Å². The van der Waals surface area contributed by atoms with Crippen LogP contribution in [0.1, 0.15) is 12.0 Å². The van der Waals surface area contributed by atoms with Gasteiger partial charge < -0.3 is 4.74 Å². The van der Waals surface area contributed by atoms with Crippen molar-refractivity contribution < 1.29 is 18.7 Å². The van der Waals surface area contributed by atoms with E-state index in [1.54, 1.807) is 18.2 Å². The fourth-order valence-corrected chi connectivity index (χ4v) is 1.61. The lowest BCUT2D eigenvalue weighted by atomic mass is 9.98. The number of carbonyl (C=O) groups excluding carboxylic acids is 2. The zero-order valence-corrected chi connectivity index (χ0v) is 7.90. The number of ether oxygens (including phenoxy) is 1. The number of hydrogen-bond donors (Lipinski definition) is 0. The summed E-state index contributed by atoms with van der Waals surface area (Å²) in [6, 6.07) is 6.21. The van der Waals surface area contributed by atoms with E-state index < -0.39 is 17.9 Å². The molecule has 1 fully saturated rings. The molecule has 1 atom stereocenters. The molecule has 0 spiro atoms. The fourth-order valence-electron chi connectivity index (χ4n) is 1.61. The average Bonchev–Trinajstić information content (AvgIpc) is 2.49. The van der Waals surface area contributed by atoms with Crippen LogP contribution in [0.3, 0.4) is 0 Å². The van der Waals surface area contributed by atoms with Crippen LogP contribution in [0.5, 0.6) is 0 Å². The van der Waals surface area contributed by atoms with Gasteiger partial charge in [0.05, 0.1) is 12.3 Å². The molecule has 15 heavy (non-hydrogen) atoms. The fraction of sp³-hybridized carbons (Fsp3) is 0.273. The Morgan fingerprint density at radius 3 is 2.67 bits per heavy atom. The third kappa shape index (κ3) is 2.03. The van der Waals surface area contributed by atoms with Gasteiger partial charge in [-0.15, -0.1) is 0 Å². The van der Waals surface area contributed by atoms with Crippen LogP contribution in [-0.4, -0.2) is 11.9 Å². The van der Waals surface area contributed by atoms with Gasteiger partial charge >= 0.3 is 11.9 Å². The SMILES string of the molecule is O=C1CC(Cc2ccccc2F)C(=O)O1. The van der Waals surface area contributed by atoms with Crippen LogP contribution >= 0.6 is 0 Å². The minimum absolute atomic E-state index is 0.0488. The molecule has 0 aliphatic carbocycles. The molecule has 0 N–H and O–H groups in total. The molecule has 1 aromatic rings. The van der Waals surface area contributed by atoms with Gasteiger partial charge in [0.15, 0.2) is 0 Å². The van der Waals surface area contributed by atoms with Gasteiger partial charge in [-0.3, -0.25) is 9.59 Å². The van der Waals surface area contributed by atoms with E-state index in [1.807, 2.05) is 0 Å². The Balaban J connectivity index is 2.13. The number of cyclic esters (lactones) is 2. The maximum Gasteiger partial charge on any atom is 0.317 e. The number of benzene rings is 1. The Labute approximate surface area is 85.9 Å². The normalized spacial score (nSPS) is 20.5. The summed E-state index contributed by atoms with van der Waals surface area (Å²) < 4.78 is 17.6. The third-order valence-electron chi connectivity index (χ3n) is 2.38. The summed E-state index contributed by atoms with van der Waals surface area (Å²) in [5.41, 5.74) is 0.439. The Kier molecular flexibility index (Phi) is 2.49. The molecule has 1 unspecified atom stereocenters.